The summed E-state index contributed by atoms with van der Waals surface area (Å²) in [5.41, 5.74) is 7.65. The maximum atomic E-state index is 12.7. The summed E-state index contributed by atoms with van der Waals surface area (Å²) in [6.45, 7) is 5.57. The Kier molecular flexibility index (Phi) is 4.63. The van der Waals surface area contributed by atoms with Gasteiger partial charge < -0.3 is 10.6 Å². The van der Waals surface area contributed by atoms with Gasteiger partial charge in [0.15, 0.2) is 0 Å². The molecule has 1 aliphatic rings. The van der Waals surface area contributed by atoms with Gasteiger partial charge in [0.25, 0.3) is 5.91 Å². The molecule has 1 amide bonds. The molecule has 4 heteroatoms. The fourth-order valence-electron chi connectivity index (χ4n) is 2.61. The van der Waals surface area contributed by atoms with Crippen LogP contribution in [0.25, 0.3) is 0 Å². The number of nitrogens with zero attached hydrogens (tertiary/aromatic N) is 1. The number of halogens is 1. The highest BCUT2D eigenvalue weighted by atomic mass is 79.9. The maximum absolute atomic E-state index is 12.7. The standard InChI is InChI=1S/C15H21BrN2O/c1-10-3-6-13(14(16)7-10)15(19)18-9-12(8-17)5-4-11(18)2/h3,6-7,11-12H,4-5,8-9,17H2,1-2H3. The molecular weight excluding hydrogens is 304 g/mol. The van der Waals surface area contributed by atoms with E-state index in [1.165, 1.54) is 0 Å². The predicted octanol–water partition coefficient (Wildman–Crippen LogP) is 2.96. The highest BCUT2D eigenvalue weighted by molar-refractivity contribution is 9.10. The third-order valence-electron chi connectivity index (χ3n) is 3.93. The topological polar surface area (TPSA) is 46.3 Å². The Morgan fingerprint density at radius 1 is 1.47 bits per heavy atom. The molecule has 2 N–H and O–H groups in total. The quantitative estimate of drug-likeness (QED) is 0.909. The maximum Gasteiger partial charge on any atom is 0.255 e. The van der Waals surface area contributed by atoms with E-state index in [0.29, 0.717) is 18.5 Å². The van der Waals surface area contributed by atoms with Crippen molar-refractivity contribution in [1.82, 2.24) is 4.90 Å². The fraction of sp³-hybridized carbons (Fsp3) is 0.533. The Balaban J connectivity index is 2.22. The van der Waals surface area contributed by atoms with E-state index in [9.17, 15) is 4.79 Å². The molecule has 3 nitrogen and oxygen atoms in total. The monoisotopic (exact) mass is 324 g/mol. The summed E-state index contributed by atoms with van der Waals surface area (Å²) in [6, 6.07) is 6.17. The molecule has 0 saturated carbocycles. The number of nitrogens with two attached hydrogens (primary N) is 1. The summed E-state index contributed by atoms with van der Waals surface area (Å²) in [6.07, 6.45) is 2.16. The van der Waals surface area contributed by atoms with Gasteiger partial charge in [0.05, 0.1) is 5.56 Å². The predicted molar refractivity (Wildman–Crippen MR) is 81.2 cm³/mol. The summed E-state index contributed by atoms with van der Waals surface area (Å²) in [5.74, 6) is 0.543. The van der Waals surface area contributed by atoms with Gasteiger partial charge in [-0.05, 0) is 72.8 Å². The Morgan fingerprint density at radius 2 is 2.21 bits per heavy atom. The smallest absolute Gasteiger partial charge is 0.255 e. The minimum Gasteiger partial charge on any atom is -0.336 e. The average molecular weight is 325 g/mol. The number of carbonyl (C=O) groups is 1. The highest BCUT2D eigenvalue weighted by Gasteiger charge is 2.29. The third-order valence-corrected chi connectivity index (χ3v) is 4.58. The molecule has 2 rings (SSSR count). The summed E-state index contributed by atoms with van der Waals surface area (Å²) in [7, 11) is 0. The largest absolute Gasteiger partial charge is 0.336 e. The molecule has 1 heterocycles. The van der Waals surface area contributed by atoms with Crippen molar-refractivity contribution in [2.24, 2.45) is 11.7 Å². The van der Waals surface area contributed by atoms with Crippen molar-refractivity contribution in [2.45, 2.75) is 32.7 Å². The summed E-state index contributed by atoms with van der Waals surface area (Å²) in [4.78, 5) is 14.6. The molecular formula is C15H21BrN2O. The summed E-state index contributed by atoms with van der Waals surface area (Å²) < 4.78 is 0.875. The van der Waals surface area contributed by atoms with Crippen LogP contribution in [0.1, 0.15) is 35.7 Å². The zero-order chi connectivity index (χ0) is 14.0. The van der Waals surface area contributed by atoms with Crippen molar-refractivity contribution in [3.8, 4) is 0 Å². The van der Waals surface area contributed by atoms with Gasteiger partial charge in [0.2, 0.25) is 0 Å². The van der Waals surface area contributed by atoms with Gasteiger partial charge in [-0.2, -0.15) is 0 Å². The second-order valence-corrected chi connectivity index (χ2v) is 6.32. The van der Waals surface area contributed by atoms with Crippen LogP contribution in [0.15, 0.2) is 22.7 Å². The van der Waals surface area contributed by atoms with E-state index >= 15 is 0 Å². The number of aryl methyl sites for hydroxylation is 1. The lowest BCUT2D eigenvalue weighted by atomic mass is 9.93. The lowest BCUT2D eigenvalue weighted by Crippen LogP contribution is -2.47. The number of piperidine rings is 1. The Hall–Kier alpha value is -0.870. The Labute approximate surface area is 123 Å². The number of likely N-dealkylation sites (tertiary alicyclic amines) is 1. The minimum absolute atomic E-state index is 0.109. The van der Waals surface area contributed by atoms with Crippen molar-refractivity contribution in [3.05, 3.63) is 33.8 Å². The minimum atomic E-state index is 0.109. The average Bonchev–Trinajstić information content (AvgIpc) is 2.38. The molecule has 0 aliphatic carbocycles. The van der Waals surface area contributed by atoms with Crippen LogP contribution in [0.2, 0.25) is 0 Å². The molecule has 0 aromatic heterocycles. The van der Waals surface area contributed by atoms with Crippen LogP contribution < -0.4 is 5.73 Å². The van der Waals surface area contributed by atoms with Crippen molar-refractivity contribution in [3.63, 3.8) is 0 Å². The fourth-order valence-corrected chi connectivity index (χ4v) is 3.27. The zero-order valence-electron chi connectivity index (χ0n) is 11.5. The van der Waals surface area contributed by atoms with E-state index in [0.717, 1.165) is 35.0 Å². The van der Waals surface area contributed by atoms with Crippen LogP contribution >= 0.6 is 15.9 Å². The number of hydrogen-bond acceptors (Lipinski definition) is 2. The molecule has 2 unspecified atom stereocenters. The normalized spacial score (nSPS) is 23.5. The van der Waals surface area contributed by atoms with Crippen molar-refractivity contribution in [1.29, 1.82) is 0 Å². The van der Waals surface area contributed by atoms with Crippen LogP contribution in [0.4, 0.5) is 0 Å². The lowest BCUT2D eigenvalue weighted by molar-refractivity contribution is 0.0566. The molecule has 104 valence electrons. The van der Waals surface area contributed by atoms with Gasteiger partial charge in [-0.3, -0.25) is 4.79 Å². The SMILES string of the molecule is Cc1ccc(C(=O)N2CC(CN)CCC2C)c(Br)c1. The van der Waals surface area contributed by atoms with Crippen LogP contribution in [0, 0.1) is 12.8 Å². The van der Waals surface area contributed by atoms with Gasteiger partial charge in [0, 0.05) is 17.1 Å². The molecule has 1 aromatic rings. The van der Waals surface area contributed by atoms with Gasteiger partial charge >= 0.3 is 0 Å². The van der Waals surface area contributed by atoms with Crippen LogP contribution in [-0.4, -0.2) is 29.9 Å². The molecule has 19 heavy (non-hydrogen) atoms. The van der Waals surface area contributed by atoms with Gasteiger partial charge in [0.1, 0.15) is 0 Å². The van der Waals surface area contributed by atoms with E-state index in [1.54, 1.807) is 0 Å². The van der Waals surface area contributed by atoms with E-state index in [1.807, 2.05) is 30.0 Å². The summed E-state index contributed by atoms with van der Waals surface area (Å²) in [5, 5.41) is 0. The lowest BCUT2D eigenvalue weighted by Gasteiger charge is -2.38. The first kappa shape index (κ1) is 14.5. The number of carbonyl (C=O) groups excluding carboxylic acids is 1. The van der Waals surface area contributed by atoms with Gasteiger partial charge in [-0.25, -0.2) is 0 Å². The van der Waals surface area contributed by atoms with Crippen LogP contribution in [0.3, 0.4) is 0 Å². The number of benzene rings is 1. The van der Waals surface area contributed by atoms with E-state index in [2.05, 4.69) is 22.9 Å². The van der Waals surface area contributed by atoms with Gasteiger partial charge in [-0.1, -0.05) is 6.07 Å². The number of rotatable bonds is 2. The molecule has 1 aliphatic heterocycles. The molecule has 0 bridgehead atoms. The third kappa shape index (κ3) is 3.18. The first-order chi connectivity index (χ1) is 9.02. The molecule has 0 spiro atoms. The second-order valence-electron chi connectivity index (χ2n) is 5.47. The molecule has 0 radical (unpaired) electrons. The Bertz CT molecular complexity index is 475. The van der Waals surface area contributed by atoms with Crippen LogP contribution in [0.5, 0.6) is 0 Å². The van der Waals surface area contributed by atoms with Gasteiger partial charge in [-0.15, -0.1) is 0 Å². The zero-order valence-corrected chi connectivity index (χ0v) is 13.1. The van der Waals surface area contributed by atoms with E-state index in [-0.39, 0.29) is 5.91 Å². The number of hydrogen-bond donors (Lipinski definition) is 1. The molecule has 1 aromatic carbocycles. The van der Waals surface area contributed by atoms with Crippen LogP contribution in [-0.2, 0) is 0 Å². The van der Waals surface area contributed by atoms with E-state index in [4.69, 9.17) is 5.73 Å². The molecule has 1 fully saturated rings. The number of amides is 1. The molecule has 2 atom stereocenters. The first-order valence-corrected chi connectivity index (χ1v) is 7.59. The molecule has 1 saturated heterocycles. The first-order valence-electron chi connectivity index (χ1n) is 6.80. The van der Waals surface area contributed by atoms with Crippen molar-refractivity contribution in [2.75, 3.05) is 13.1 Å². The second kappa shape index (κ2) is 6.06. The van der Waals surface area contributed by atoms with E-state index < -0.39 is 0 Å². The Morgan fingerprint density at radius 3 is 2.84 bits per heavy atom. The highest BCUT2D eigenvalue weighted by Crippen LogP contribution is 2.26. The van der Waals surface area contributed by atoms with Crippen molar-refractivity contribution < 1.29 is 4.79 Å². The summed E-state index contributed by atoms with van der Waals surface area (Å²) >= 11 is 3.49. The van der Waals surface area contributed by atoms with Crippen molar-refractivity contribution >= 4 is 21.8 Å².